The molecule has 1 aliphatic heterocycles. The Bertz CT molecular complexity index is 607. The predicted molar refractivity (Wildman–Crippen MR) is 75.7 cm³/mol. The molecule has 4 nitrogen and oxygen atoms in total. The molecule has 0 fully saturated rings. The van der Waals surface area contributed by atoms with Gasteiger partial charge in [0, 0.05) is 17.5 Å². The number of fused-ring (bicyclic) bond motifs is 1. The number of hydrogen-bond acceptors (Lipinski definition) is 4. The van der Waals surface area contributed by atoms with Crippen LogP contribution in [0.15, 0.2) is 41.0 Å². The average Bonchev–Trinajstić information content (AvgIpc) is 2.92. The third kappa shape index (κ3) is 1.84. The number of rotatable bonds is 3. The van der Waals surface area contributed by atoms with Gasteiger partial charge in [-0.3, -0.25) is 0 Å². The van der Waals surface area contributed by atoms with Crippen LogP contribution in [0.25, 0.3) is 0 Å². The van der Waals surface area contributed by atoms with Crippen LogP contribution in [-0.2, 0) is 5.41 Å². The fraction of sp³-hybridized carbons (Fsp3) is 0.375. The van der Waals surface area contributed by atoms with Crippen LogP contribution in [0.4, 0.5) is 0 Å². The van der Waals surface area contributed by atoms with Gasteiger partial charge in [-0.05, 0) is 31.0 Å². The number of hydrogen-bond donors (Lipinski definition) is 2. The third-order valence-electron chi connectivity index (χ3n) is 4.27. The lowest BCUT2D eigenvalue weighted by molar-refractivity contribution is 0.0369. The first-order chi connectivity index (χ1) is 9.69. The Kier molecular flexibility index (Phi) is 3.28. The maximum absolute atomic E-state index is 10.9. The molecule has 2 heterocycles. The molecule has 1 aromatic carbocycles. The molecule has 3 N–H and O–H groups in total. The zero-order chi connectivity index (χ0) is 14.2. The molecule has 0 saturated carbocycles. The highest BCUT2D eigenvalue weighted by Crippen LogP contribution is 2.46. The van der Waals surface area contributed by atoms with Crippen LogP contribution in [0.1, 0.15) is 29.4 Å². The summed E-state index contributed by atoms with van der Waals surface area (Å²) in [5, 5.41) is 10.9. The van der Waals surface area contributed by atoms with Gasteiger partial charge in [-0.2, -0.15) is 0 Å². The van der Waals surface area contributed by atoms with E-state index in [0.29, 0.717) is 25.3 Å². The van der Waals surface area contributed by atoms with Gasteiger partial charge in [0.25, 0.3) is 0 Å². The Labute approximate surface area is 118 Å². The van der Waals surface area contributed by atoms with E-state index in [9.17, 15) is 5.11 Å². The number of nitrogens with two attached hydrogens (primary N) is 1. The van der Waals surface area contributed by atoms with Crippen molar-refractivity contribution in [1.82, 2.24) is 0 Å². The van der Waals surface area contributed by atoms with Crippen molar-refractivity contribution < 1.29 is 14.3 Å². The molecule has 0 bridgehead atoms. The van der Waals surface area contributed by atoms with Gasteiger partial charge in [0.15, 0.2) is 0 Å². The second-order valence-corrected chi connectivity index (χ2v) is 5.33. The van der Waals surface area contributed by atoms with Crippen LogP contribution in [0.3, 0.4) is 0 Å². The summed E-state index contributed by atoms with van der Waals surface area (Å²) < 4.78 is 11.2. The van der Waals surface area contributed by atoms with Crippen molar-refractivity contribution in [3.8, 4) is 5.75 Å². The van der Waals surface area contributed by atoms with Crippen molar-refractivity contribution in [1.29, 1.82) is 0 Å². The second kappa shape index (κ2) is 4.96. The van der Waals surface area contributed by atoms with E-state index in [1.54, 1.807) is 6.26 Å². The minimum atomic E-state index is -0.771. The van der Waals surface area contributed by atoms with E-state index in [1.165, 1.54) is 0 Å². The Morgan fingerprint density at radius 2 is 2.15 bits per heavy atom. The molecule has 1 aliphatic rings. The fourth-order valence-electron chi connectivity index (χ4n) is 3.00. The first kappa shape index (κ1) is 13.2. The van der Waals surface area contributed by atoms with Gasteiger partial charge in [-0.1, -0.05) is 18.2 Å². The van der Waals surface area contributed by atoms with E-state index in [0.717, 1.165) is 16.9 Å². The zero-order valence-corrected chi connectivity index (χ0v) is 11.5. The highest BCUT2D eigenvalue weighted by molar-refractivity contribution is 5.44. The van der Waals surface area contributed by atoms with E-state index in [-0.39, 0.29) is 0 Å². The van der Waals surface area contributed by atoms with Crippen LogP contribution in [-0.4, -0.2) is 18.3 Å². The molecule has 106 valence electrons. The molecular weight excluding hydrogens is 254 g/mol. The average molecular weight is 273 g/mol. The summed E-state index contributed by atoms with van der Waals surface area (Å²) >= 11 is 0. The fourth-order valence-corrected chi connectivity index (χ4v) is 3.00. The van der Waals surface area contributed by atoms with Crippen LogP contribution in [0.2, 0.25) is 0 Å². The molecule has 20 heavy (non-hydrogen) atoms. The molecule has 4 heteroatoms. The Morgan fingerprint density at radius 3 is 2.85 bits per heavy atom. The SMILES string of the molecule is Cc1ccoc1C(O)C1(CN)CCOc2ccccc21. The first-order valence-corrected chi connectivity index (χ1v) is 6.83. The van der Waals surface area contributed by atoms with Crippen molar-refractivity contribution in [3.05, 3.63) is 53.5 Å². The van der Waals surface area contributed by atoms with Gasteiger partial charge in [-0.15, -0.1) is 0 Å². The summed E-state index contributed by atoms with van der Waals surface area (Å²) in [6, 6.07) is 9.62. The molecule has 0 aliphatic carbocycles. The van der Waals surface area contributed by atoms with Crippen molar-refractivity contribution in [2.45, 2.75) is 24.9 Å². The lowest BCUT2D eigenvalue weighted by Crippen LogP contribution is -2.45. The maximum atomic E-state index is 10.9. The van der Waals surface area contributed by atoms with Crippen molar-refractivity contribution >= 4 is 0 Å². The topological polar surface area (TPSA) is 68.6 Å². The van der Waals surface area contributed by atoms with Crippen LogP contribution in [0.5, 0.6) is 5.75 Å². The third-order valence-corrected chi connectivity index (χ3v) is 4.27. The molecule has 0 amide bonds. The Balaban J connectivity index is 2.11. The van der Waals surface area contributed by atoms with Crippen molar-refractivity contribution in [3.63, 3.8) is 0 Å². The summed E-state index contributed by atoms with van der Waals surface area (Å²) in [7, 11) is 0. The molecule has 1 aromatic heterocycles. The molecule has 2 atom stereocenters. The van der Waals surface area contributed by atoms with Gasteiger partial charge in [0.05, 0.1) is 12.9 Å². The zero-order valence-electron chi connectivity index (χ0n) is 11.5. The highest BCUT2D eigenvalue weighted by atomic mass is 16.5. The number of ether oxygens (including phenoxy) is 1. The molecule has 2 unspecified atom stereocenters. The standard InChI is InChI=1S/C16H19NO3/c1-11-6-8-20-14(11)15(18)16(10-17)7-9-19-13-5-3-2-4-12(13)16/h2-6,8,15,18H,7,9-10,17H2,1H3. The number of aryl methyl sites for hydroxylation is 1. The number of aliphatic hydroxyl groups is 1. The van der Waals surface area contributed by atoms with Gasteiger partial charge in [-0.25, -0.2) is 0 Å². The monoisotopic (exact) mass is 273 g/mol. The van der Waals surface area contributed by atoms with E-state index in [4.69, 9.17) is 14.9 Å². The second-order valence-electron chi connectivity index (χ2n) is 5.33. The minimum Gasteiger partial charge on any atom is -0.493 e. The van der Waals surface area contributed by atoms with Gasteiger partial charge in [0.2, 0.25) is 0 Å². The van der Waals surface area contributed by atoms with E-state index in [2.05, 4.69) is 0 Å². The quantitative estimate of drug-likeness (QED) is 0.900. The first-order valence-electron chi connectivity index (χ1n) is 6.83. The van der Waals surface area contributed by atoms with Crippen LogP contribution < -0.4 is 10.5 Å². The summed E-state index contributed by atoms with van der Waals surface area (Å²) in [6.07, 6.45) is 1.50. The van der Waals surface area contributed by atoms with Crippen molar-refractivity contribution in [2.75, 3.05) is 13.2 Å². The lowest BCUT2D eigenvalue weighted by atomic mass is 9.70. The molecular formula is C16H19NO3. The number of para-hydroxylation sites is 1. The van der Waals surface area contributed by atoms with Gasteiger partial charge < -0.3 is 20.0 Å². The summed E-state index contributed by atoms with van der Waals surface area (Å²) in [5.41, 5.74) is 7.39. The van der Waals surface area contributed by atoms with Crippen molar-refractivity contribution in [2.24, 2.45) is 5.73 Å². The highest BCUT2D eigenvalue weighted by Gasteiger charge is 2.45. The number of aliphatic hydroxyl groups excluding tert-OH is 1. The van der Waals surface area contributed by atoms with E-state index in [1.807, 2.05) is 37.3 Å². The van der Waals surface area contributed by atoms with Crippen LogP contribution >= 0.6 is 0 Å². The Morgan fingerprint density at radius 1 is 1.35 bits per heavy atom. The molecule has 2 aromatic rings. The van der Waals surface area contributed by atoms with Crippen LogP contribution in [0, 0.1) is 6.92 Å². The lowest BCUT2D eigenvalue weighted by Gasteiger charge is -2.40. The number of furan rings is 1. The van der Waals surface area contributed by atoms with E-state index >= 15 is 0 Å². The molecule has 3 rings (SSSR count). The Hall–Kier alpha value is -1.78. The van der Waals surface area contributed by atoms with Gasteiger partial charge in [0.1, 0.15) is 17.6 Å². The summed E-state index contributed by atoms with van der Waals surface area (Å²) in [6.45, 7) is 2.82. The summed E-state index contributed by atoms with van der Waals surface area (Å²) in [5.74, 6) is 1.39. The molecule has 0 radical (unpaired) electrons. The smallest absolute Gasteiger partial charge is 0.136 e. The molecule has 0 spiro atoms. The van der Waals surface area contributed by atoms with Gasteiger partial charge >= 0.3 is 0 Å². The largest absolute Gasteiger partial charge is 0.493 e. The predicted octanol–water partition coefficient (Wildman–Crippen LogP) is 2.30. The minimum absolute atomic E-state index is 0.342. The van der Waals surface area contributed by atoms with E-state index < -0.39 is 11.5 Å². The molecule has 0 saturated heterocycles. The maximum Gasteiger partial charge on any atom is 0.136 e. The normalized spacial score (nSPS) is 22.9. The summed E-state index contributed by atoms with van der Waals surface area (Å²) in [4.78, 5) is 0. The number of benzene rings is 1.